The zero-order chi connectivity index (χ0) is 19.0. The highest BCUT2D eigenvalue weighted by Crippen LogP contribution is 2.44. The van der Waals surface area contributed by atoms with Crippen molar-refractivity contribution in [1.82, 2.24) is 9.55 Å². The molecular formula is C14H13F6N3O2. The number of benzene rings is 1. The highest BCUT2D eigenvalue weighted by molar-refractivity contribution is 5.78. The van der Waals surface area contributed by atoms with E-state index in [0.717, 1.165) is 0 Å². The average Bonchev–Trinajstić information content (AvgIpc) is 2.81. The quantitative estimate of drug-likeness (QED) is 0.568. The van der Waals surface area contributed by atoms with E-state index in [2.05, 4.69) is 4.98 Å². The Balaban J connectivity index is 2.44. The Morgan fingerprint density at radius 2 is 1.72 bits per heavy atom. The first-order valence-electron chi connectivity index (χ1n) is 6.90. The van der Waals surface area contributed by atoms with Gasteiger partial charge >= 0.3 is 12.4 Å². The monoisotopic (exact) mass is 369 g/mol. The standard InChI is InChI=1S/C14H13F6N3O2/c1-2-23-9-6-4-3-5-8(9)21-11(23)22-10(24)7-12(25,13(15,16)17)14(18,19)20/h3-7,24-25H,2H2,1H3,(H,21,22)/b10-7-. The molecule has 1 heterocycles. The molecule has 0 aliphatic carbocycles. The van der Waals surface area contributed by atoms with Crippen molar-refractivity contribution in [1.29, 1.82) is 0 Å². The second-order valence-electron chi connectivity index (χ2n) is 5.08. The SMILES string of the molecule is CCn1c(N/C(O)=C/C(O)(C(F)(F)F)C(F)(F)F)nc2ccccc21. The molecule has 0 amide bonds. The van der Waals surface area contributed by atoms with Crippen LogP contribution in [-0.4, -0.2) is 37.7 Å². The topological polar surface area (TPSA) is 70.3 Å². The Morgan fingerprint density at radius 1 is 1.16 bits per heavy atom. The zero-order valence-corrected chi connectivity index (χ0v) is 12.7. The van der Waals surface area contributed by atoms with E-state index >= 15 is 0 Å². The molecule has 0 unspecified atom stereocenters. The van der Waals surface area contributed by atoms with Gasteiger partial charge in [0.05, 0.1) is 11.0 Å². The summed E-state index contributed by atoms with van der Waals surface area (Å²) in [6.07, 6.45) is -12.9. The van der Waals surface area contributed by atoms with Crippen molar-refractivity contribution in [3.8, 4) is 0 Å². The number of aromatic nitrogens is 2. The maximum Gasteiger partial charge on any atom is 0.430 e. The van der Waals surface area contributed by atoms with Crippen molar-refractivity contribution < 1.29 is 36.6 Å². The highest BCUT2D eigenvalue weighted by Gasteiger charge is 2.69. The van der Waals surface area contributed by atoms with E-state index in [4.69, 9.17) is 5.11 Å². The van der Waals surface area contributed by atoms with Crippen molar-refractivity contribution >= 4 is 17.0 Å². The van der Waals surface area contributed by atoms with Crippen LogP contribution in [0.1, 0.15) is 6.92 Å². The molecule has 0 fully saturated rings. The molecule has 25 heavy (non-hydrogen) atoms. The molecule has 2 aromatic rings. The third-order valence-electron chi connectivity index (χ3n) is 3.42. The van der Waals surface area contributed by atoms with Crippen LogP contribution in [-0.2, 0) is 6.54 Å². The van der Waals surface area contributed by atoms with Gasteiger partial charge in [0.2, 0.25) is 5.95 Å². The van der Waals surface area contributed by atoms with Crippen LogP contribution < -0.4 is 5.32 Å². The van der Waals surface area contributed by atoms with E-state index in [9.17, 15) is 31.4 Å². The molecular weight excluding hydrogens is 356 g/mol. The molecule has 1 aromatic carbocycles. The van der Waals surface area contributed by atoms with Gasteiger partial charge in [0.15, 0.2) is 5.88 Å². The summed E-state index contributed by atoms with van der Waals surface area (Å²) in [6.45, 7) is 1.95. The van der Waals surface area contributed by atoms with Crippen LogP contribution in [0.25, 0.3) is 11.0 Å². The minimum atomic E-state index is -6.08. The molecule has 0 bridgehead atoms. The number of para-hydroxylation sites is 2. The third kappa shape index (κ3) is 3.36. The number of nitrogens with one attached hydrogen (secondary N) is 1. The lowest BCUT2D eigenvalue weighted by Gasteiger charge is -2.29. The molecule has 0 aliphatic rings. The Hall–Kier alpha value is -2.43. The smallest absolute Gasteiger partial charge is 0.430 e. The number of halogens is 6. The van der Waals surface area contributed by atoms with E-state index in [-0.39, 0.29) is 12.5 Å². The second kappa shape index (κ2) is 6.14. The fraction of sp³-hybridized carbons (Fsp3) is 0.357. The molecule has 0 radical (unpaired) electrons. The van der Waals surface area contributed by atoms with Gasteiger partial charge in [-0.05, 0) is 19.1 Å². The fourth-order valence-corrected chi connectivity index (χ4v) is 2.16. The predicted molar refractivity (Wildman–Crippen MR) is 76.8 cm³/mol. The van der Waals surface area contributed by atoms with Gasteiger partial charge in [-0.3, -0.25) is 5.32 Å². The number of fused-ring (bicyclic) bond motifs is 1. The van der Waals surface area contributed by atoms with Crippen molar-refractivity contribution in [3.63, 3.8) is 0 Å². The molecule has 0 spiro atoms. The summed E-state index contributed by atoms with van der Waals surface area (Å²) in [6, 6.07) is 6.53. The van der Waals surface area contributed by atoms with Gasteiger partial charge in [0.25, 0.3) is 5.60 Å². The van der Waals surface area contributed by atoms with E-state index < -0.39 is 29.9 Å². The number of imidazole rings is 1. The average molecular weight is 369 g/mol. The van der Waals surface area contributed by atoms with E-state index in [1.165, 1.54) is 4.57 Å². The highest BCUT2D eigenvalue weighted by atomic mass is 19.4. The summed E-state index contributed by atoms with van der Waals surface area (Å²) >= 11 is 0. The Bertz CT molecular complexity index is 780. The van der Waals surface area contributed by atoms with E-state index in [1.54, 1.807) is 31.2 Å². The molecule has 5 nitrogen and oxygen atoms in total. The van der Waals surface area contributed by atoms with Gasteiger partial charge in [0, 0.05) is 12.6 Å². The van der Waals surface area contributed by atoms with Gasteiger partial charge in [0.1, 0.15) is 0 Å². The Kier molecular flexibility index (Phi) is 4.64. The predicted octanol–water partition coefficient (Wildman–Crippen LogP) is 3.72. The molecule has 0 atom stereocenters. The molecule has 138 valence electrons. The maximum absolute atomic E-state index is 12.6. The van der Waals surface area contributed by atoms with Crippen LogP contribution in [0.3, 0.4) is 0 Å². The molecule has 11 heteroatoms. The number of aryl methyl sites for hydroxylation is 1. The lowest BCUT2D eigenvalue weighted by atomic mass is 10.0. The molecule has 0 aliphatic heterocycles. The van der Waals surface area contributed by atoms with Crippen molar-refractivity contribution in [2.24, 2.45) is 0 Å². The molecule has 0 saturated heterocycles. The van der Waals surface area contributed by atoms with Gasteiger partial charge < -0.3 is 14.8 Å². The van der Waals surface area contributed by atoms with Crippen LogP contribution in [0.2, 0.25) is 0 Å². The van der Waals surface area contributed by atoms with Crippen LogP contribution >= 0.6 is 0 Å². The molecule has 0 saturated carbocycles. The number of nitrogens with zero attached hydrogens (tertiary/aromatic N) is 2. The normalized spacial score (nSPS) is 14.2. The summed E-state index contributed by atoms with van der Waals surface area (Å²) in [5.74, 6) is -1.72. The number of anilines is 1. The largest absolute Gasteiger partial charge is 0.495 e. The summed E-state index contributed by atoms with van der Waals surface area (Å²) < 4.78 is 77.3. The summed E-state index contributed by atoms with van der Waals surface area (Å²) in [5.41, 5.74) is -4.23. The summed E-state index contributed by atoms with van der Waals surface area (Å²) in [5, 5.41) is 20.6. The molecule has 3 N–H and O–H groups in total. The first kappa shape index (κ1) is 18.9. The minimum absolute atomic E-state index is 0.177. The number of hydrogen-bond donors (Lipinski definition) is 3. The van der Waals surface area contributed by atoms with Crippen molar-refractivity contribution in [2.45, 2.75) is 31.4 Å². The van der Waals surface area contributed by atoms with Crippen molar-refractivity contribution in [2.75, 3.05) is 5.32 Å². The second-order valence-corrected chi connectivity index (χ2v) is 5.08. The first-order chi connectivity index (χ1) is 11.4. The fourth-order valence-electron chi connectivity index (χ4n) is 2.16. The van der Waals surface area contributed by atoms with Crippen LogP contribution in [0.4, 0.5) is 32.3 Å². The first-order valence-corrected chi connectivity index (χ1v) is 6.90. The van der Waals surface area contributed by atoms with Gasteiger partial charge in [-0.15, -0.1) is 0 Å². The van der Waals surface area contributed by atoms with E-state index in [0.29, 0.717) is 11.0 Å². The summed E-state index contributed by atoms with van der Waals surface area (Å²) in [4.78, 5) is 3.98. The number of hydrogen-bond acceptors (Lipinski definition) is 4. The number of alkyl halides is 6. The molecule has 2 rings (SSSR count). The van der Waals surface area contributed by atoms with Gasteiger partial charge in [-0.2, -0.15) is 26.3 Å². The van der Waals surface area contributed by atoms with Gasteiger partial charge in [-0.1, -0.05) is 12.1 Å². The van der Waals surface area contributed by atoms with Crippen molar-refractivity contribution in [3.05, 3.63) is 36.2 Å². The number of aliphatic hydroxyl groups excluding tert-OH is 1. The van der Waals surface area contributed by atoms with Crippen LogP contribution in [0.15, 0.2) is 36.2 Å². The molecule has 1 aromatic heterocycles. The number of rotatable bonds is 4. The Labute approximate surface area is 137 Å². The summed E-state index contributed by atoms with van der Waals surface area (Å²) in [7, 11) is 0. The van der Waals surface area contributed by atoms with Crippen LogP contribution in [0.5, 0.6) is 0 Å². The lowest BCUT2D eigenvalue weighted by Crippen LogP contribution is -2.55. The van der Waals surface area contributed by atoms with Crippen LogP contribution in [0, 0.1) is 0 Å². The number of aliphatic hydroxyl groups is 2. The lowest BCUT2D eigenvalue weighted by molar-refractivity contribution is -0.348. The van der Waals surface area contributed by atoms with E-state index in [1.807, 2.05) is 5.32 Å². The third-order valence-corrected chi connectivity index (χ3v) is 3.42. The zero-order valence-electron chi connectivity index (χ0n) is 12.7. The minimum Gasteiger partial charge on any atom is -0.495 e. The Morgan fingerprint density at radius 3 is 2.24 bits per heavy atom. The maximum atomic E-state index is 12.6. The van der Waals surface area contributed by atoms with Gasteiger partial charge in [-0.25, -0.2) is 4.98 Å².